The van der Waals surface area contributed by atoms with E-state index in [1.807, 2.05) is 20.8 Å². The third-order valence-corrected chi connectivity index (χ3v) is 5.91. The van der Waals surface area contributed by atoms with Gasteiger partial charge in [-0.25, -0.2) is 4.79 Å². The first-order valence-corrected chi connectivity index (χ1v) is 9.90. The number of amides is 1. The molecule has 1 aromatic heterocycles. The number of rotatable bonds is 4. The first-order valence-electron chi connectivity index (χ1n) is 7.54. The number of ether oxygens (including phenoxy) is 1. The molecule has 1 fully saturated rings. The summed E-state index contributed by atoms with van der Waals surface area (Å²) in [5, 5.41) is 0. The second-order valence-corrected chi connectivity index (χ2v) is 9.10. The molecule has 5 nitrogen and oxygen atoms in total. The van der Waals surface area contributed by atoms with E-state index in [-0.39, 0.29) is 6.09 Å². The smallest absolute Gasteiger partial charge is 0.410 e. The van der Waals surface area contributed by atoms with Crippen molar-refractivity contribution in [2.45, 2.75) is 45.0 Å². The summed E-state index contributed by atoms with van der Waals surface area (Å²) in [6.45, 7) is 7.01. The third-order valence-electron chi connectivity index (χ3n) is 3.47. The normalized spacial score (nSPS) is 18.2. The van der Waals surface area contributed by atoms with Gasteiger partial charge in [-0.05, 0) is 39.5 Å². The Kier molecular flexibility index (Phi) is 5.97. The van der Waals surface area contributed by atoms with Gasteiger partial charge in [0.1, 0.15) is 5.60 Å². The highest BCUT2D eigenvalue weighted by atomic mass is 32.2. The van der Waals surface area contributed by atoms with Crippen LogP contribution in [-0.4, -0.2) is 44.6 Å². The van der Waals surface area contributed by atoms with Crippen molar-refractivity contribution < 1.29 is 13.7 Å². The van der Waals surface area contributed by atoms with Crippen LogP contribution in [0.25, 0.3) is 0 Å². The lowest BCUT2D eigenvalue weighted by atomic mass is 9.99. The summed E-state index contributed by atoms with van der Waals surface area (Å²) >= 11 is 1.55. The van der Waals surface area contributed by atoms with Crippen LogP contribution in [0, 0.1) is 5.92 Å². The molecule has 0 spiro atoms. The lowest BCUT2D eigenvalue weighted by molar-refractivity contribution is 0.0191. The van der Waals surface area contributed by atoms with Crippen molar-refractivity contribution in [2.75, 3.05) is 18.8 Å². The molecular weight excluding hydrogens is 320 g/mol. The quantitative estimate of drug-likeness (QED) is 0.842. The summed E-state index contributed by atoms with van der Waals surface area (Å²) < 4.78 is 17.6. The topological polar surface area (TPSA) is 59.5 Å². The molecule has 124 valence electrons. The van der Waals surface area contributed by atoms with Gasteiger partial charge in [0, 0.05) is 40.7 Å². The Bertz CT molecular complexity index is 503. The molecule has 1 aliphatic rings. The van der Waals surface area contributed by atoms with Crippen LogP contribution in [0.4, 0.5) is 4.79 Å². The second kappa shape index (κ2) is 7.55. The first kappa shape index (κ1) is 17.4. The van der Waals surface area contributed by atoms with Gasteiger partial charge >= 0.3 is 6.09 Å². The molecule has 22 heavy (non-hydrogen) atoms. The van der Waals surface area contributed by atoms with E-state index < -0.39 is 16.4 Å². The van der Waals surface area contributed by atoms with Crippen molar-refractivity contribution in [3.8, 4) is 0 Å². The number of aromatic nitrogens is 1. The lowest BCUT2D eigenvalue weighted by Gasteiger charge is -2.33. The summed E-state index contributed by atoms with van der Waals surface area (Å²) in [5.41, 5.74) is 1.32. The van der Waals surface area contributed by atoms with Gasteiger partial charge in [-0.2, -0.15) is 0 Å². The van der Waals surface area contributed by atoms with Crippen LogP contribution in [0.2, 0.25) is 0 Å². The van der Waals surface area contributed by atoms with Crippen LogP contribution >= 0.6 is 11.3 Å². The average molecular weight is 345 g/mol. The minimum atomic E-state index is -0.849. The third kappa shape index (κ3) is 5.68. The minimum Gasteiger partial charge on any atom is -0.444 e. The molecule has 0 bridgehead atoms. The number of carbonyl (C=O) groups excluding carboxylic acids is 1. The van der Waals surface area contributed by atoms with Gasteiger partial charge in [-0.1, -0.05) is 0 Å². The predicted octanol–water partition coefficient (Wildman–Crippen LogP) is 3.04. The molecule has 2 rings (SSSR count). The van der Waals surface area contributed by atoms with Crippen molar-refractivity contribution in [1.29, 1.82) is 0 Å². The van der Waals surface area contributed by atoms with E-state index in [0.717, 1.165) is 17.7 Å². The highest BCUT2D eigenvalue weighted by Crippen LogP contribution is 2.21. The van der Waals surface area contributed by atoms with Crippen LogP contribution in [0.1, 0.15) is 38.5 Å². The lowest BCUT2D eigenvalue weighted by Crippen LogP contribution is -2.42. The van der Waals surface area contributed by atoms with Gasteiger partial charge in [0.15, 0.2) is 0 Å². The maximum Gasteiger partial charge on any atom is 0.410 e. The SMILES string of the molecule is CC(C)(C)OC(=O)N1CCC(C[S@](=O)Cc2cncs2)CC1. The fourth-order valence-electron chi connectivity index (χ4n) is 2.40. The molecule has 7 heteroatoms. The molecule has 1 aromatic rings. The molecule has 0 saturated carbocycles. The average Bonchev–Trinajstić information content (AvgIpc) is 2.90. The second-order valence-electron chi connectivity index (χ2n) is 6.63. The summed E-state index contributed by atoms with van der Waals surface area (Å²) in [5.74, 6) is 1.73. The fourth-order valence-corrected chi connectivity index (χ4v) is 4.82. The number of piperidine rings is 1. The molecule has 0 aromatic carbocycles. The summed E-state index contributed by atoms with van der Waals surface area (Å²) in [6, 6.07) is 0. The highest BCUT2D eigenvalue weighted by Gasteiger charge is 2.27. The maximum atomic E-state index is 12.2. The summed E-state index contributed by atoms with van der Waals surface area (Å²) in [4.78, 5) is 18.8. The Balaban J connectivity index is 1.73. The van der Waals surface area contributed by atoms with Crippen LogP contribution in [0.15, 0.2) is 11.7 Å². The number of likely N-dealkylation sites (tertiary alicyclic amines) is 1. The molecule has 2 heterocycles. The van der Waals surface area contributed by atoms with Gasteiger partial charge in [-0.3, -0.25) is 9.19 Å². The van der Waals surface area contributed by atoms with Crippen LogP contribution in [-0.2, 0) is 21.3 Å². The molecule has 1 aliphatic heterocycles. The highest BCUT2D eigenvalue weighted by molar-refractivity contribution is 7.84. The largest absolute Gasteiger partial charge is 0.444 e. The number of nitrogens with zero attached hydrogens (tertiary/aromatic N) is 2. The van der Waals surface area contributed by atoms with E-state index in [0.29, 0.717) is 30.5 Å². The molecule has 0 radical (unpaired) electrons. The summed E-state index contributed by atoms with van der Waals surface area (Å²) in [6.07, 6.45) is 3.34. The number of thiazole rings is 1. The Hall–Kier alpha value is -0.950. The van der Waals surface area contributed by atoms with E-state index in [4.69, 9.17) is 4.74 Å². The van der Waals surface area contributed by atoms with Crippen molar-refractivity contribution >= 4 is 28.2 Å². The predicted molar refractivity (Wildman–Crippen MR) is 89.4 cm³/mol. The van der Waals surface area contributed by atoms with E-state index >= 15 is 0 Å². The molecule has 1 amide bonds. The Morgan fingerprint density at radius 2 is 2.14 bits per heavy atom. The van der Waals surface area contributed by atoms with Gasteiger partial charge in [0.05, 0.1) is 11.3 Å². The molecule has 0 aliphatic carbocycles. The van der Waals surface area contributed by atoms with E-state index in [1.165, 1.54) is 0 Å². The molecule has 1 saturated heterocycles. The zero-order valence-electron chi connectivity index (χ0n) is 13.4. The van der Waals surface area contributed by atoms with E-state index in [9.17, 15) is 9.00 Å². The Labute approximate surface area is 138 Å². The van der Waals surface area contributed by atoms with Crippen LogP contribution in [0.3, 0.4) is 0 Å². The number of carbonyl (C=O) groups is 1. The number of hydrogen-bond acceptors (Lipinski definition) is 5. The minimum absolute atomic E-state index is 0.239. The Morgan fingerprint density at radius 1 is 1.45 bits per heavy atom. The van der Waals surface area contributed by atoms with Gasteiger partial charge < -0.3 is 9.64 Å². The van der Waals surface area contributed by atoms with Gasteiger partial charge in [-0.15, -0.1) is 11.3 Å². The van der Waals surface area contributed by atoms with Crippen molar-refractivity contribution in [1.82, 2.24) is 9.88 Å². The van der Waals surface area contributed by atoms with Crippen LogP contribution < -0.4 is 0 Å². The van der Waals surface area contributed by atoms with Crippen molar-refractivity contribution in [3.63, 3.8) is 0 Å². The van der Waals surface area contributed by atoms with Crippen molar-refractivity contribution in [3.05, 3.63) is 16.6 Å². The molecule has 0 N–H and O–H groups in total. The Morgan fingerprint density at radius 3 is 2.68 bits per heavy atom. The molecular formula is C15H24N2O3S2. The zero-order valence-corrected chi connectivity index (χ0v) is 15.0. The molecule has 1 atom stereocenters. The van der Waals surface area contributed by atoms with E-state index in [2.05, 4.69) is 4.98 Å². The standard InChI is InChI=1S/C15H24N2O3S2/c1-15(2,3)20-14(18)17-6-4-12(5-7-17)9-22(19)10-13-8-16-11-21-13/h8,11-12H,4-7,9-10H2,1-3H3/t22-/m0/s1. The molecule has 0 unspecified atom stereocenters. The first-order chi connectivity index (χ1) is 10.3. The fraction of sp³-hybridized carbons (Fsp3) is 0.733. The monoisotopic (exact) mass is 344 g/mol. The summed E-state index contributed by atoms with van der Waals surface area (Å²) in [7, 11) is -0.849. The van der Waals surface area contributed by atoms with E-state index in [1.54, 1.807) is 27.9 Å². The maximum absolute atomic E-state index is 12.2. The zero-order chi connectivity index (χ0) is 16.2. The van der Waals surface area contributed by atoms with Gasteiger partial charge in [0.2, 0.25) is 0 Å². The van der Waals surface area contributed by atoms with Crippen LogP contribution in [0.5, 0.6) is 0 Å². The van der Waals surface area contributed by atoms with Crippen molar-refractivity contribution in [2.24, 2.45) is 5.92 Å². The number of hydrogen-bond donors (Lipinski definition) is 0. The van der Waals surface area contributed by atoms with Gasteiger partial charge in [0.25, 0.3) is 0 Å².